The number of hydrogen-bond acceptors (Lipinski definition) is 3. The maximum Gasteiger partial charge on any atom is 0.158 e. The van der Waals surface area contributed by atoms with E-state index < -0.39 is 0 Å². The van der Waals surface area contributed by atoms with Gasteiger partial charge in [0.05, 0.1) is 10.5 Å². The molecular weight excluding hydrogens is 308 g/mol. The molecule has 0 radical (unpaired) electrons. The Hall–Kier alpha value is -1.91. The van der Waals surface area contributed by atoms with E-state index in [0.29, 0.717) is 17.1 Å². The number of halogens is 1. The minimum absolute atomic E-state index is 0.343. The van der Waals surface area contributed by atoms with Crippen molar-refractivity contribution in [2.75, 3.05) is 0 Å². The summed E-state index contributed by atoms with van der Waals surface area (Å²) < 4.78 is 2.25. The molecule has 118 valence electrons. The highest BCUT2D eigenvalue weighted by Gasteiger charge is 2.22. The first-order valence-corrected chi connectivity index (χ1v) is 8.44. The predicted octanol–water partition coefficient (Wildman–Crippen LogP) is 4.19. The van der Waals surface area contributed by atoms with Gasteiger partial charge in [0.15, 0.2) is 5.82 Å². The van der Waals surface area contributed by atoms with Crippen molar-refractivity contribution >= 4 is 22.5 Å². The minimum Gasteiger partial charge on any atom is -0.328 e. The van der Waals surface area contributed by atoms with E-state index in [2.05, 4.69) is 21.8 Å². The summed E-state index contributed by atoms with van der Waals surface area (Å²) >= 11 is 6.29. The standard InChI is InChI=1S/C18H19ClN4/c19-15-3-1-2-12-4-9-16(22-17(12)15)18-21-10-11-23(18)14-7-5-13(20)6-8-14/h1-4,9-11,13-14H,5-8,20H2. The van der Waals surface area contributed by atoms with Gasteiger partial charge in [-0.2, -0.15) is 0 Å². The van der Waals surface area contributed by atoms with Crippen LogP contribution in [-0.2, 0) is 0 Å². The lowest BCUT2D eigenvalue weighted by molar-refractivity contribution is 0.325. The van der Waals surface area contributed by atoms with Gasteiger partial charge in [0.2, 0.25) is 0 Å². The average molecular weight is 327 g/mol. The number of pyridine rings is 1. The molecule has 1 aliphatic rings. The van der Waals surface area contributed by atoms with Gasteiger partial charge in [-0.3, -0.25) is 0 Å². The van der Waals surface area contributed by atoms with Crippen molar-refractivity contribution in [3.63, 3.8) is 0 Å². The zero-order chi connectivity index (χ0) is 15.8. The van der Waals surface area contributed by atoms with Gasteiger partial charge < -0.3 is 10.3 Å². The highest BCUT2D eigenvalue weighted by atomic mass is 35.5. The van der Waals surface area contributed by atoms with Crippen LogP contribution in [-0.4, -0.2) is 20.6 Å². The molecule has 5 heteroatoms. The van der Waals surface area contributed by atoms with E-state index in [-0.39, 0.29) is 0 Å². The van der Waals surface area contributed by atoms with E-state index in [0.717, 1.165) is 48.1 Å². The van der Waals surface area contributed by atoms with Crippen LogP contribution < -0.4 is 5.73 Å². The highest BCUT2D eigenvalue weighted by molar-refractivity contribution is 6.35. The number of aromatic nitrogens is 3. The first-order valence-electron chi connectivity index (χ1n) is 8.06. The summed E-state index contributed by atoms with van der Waals surface area (Å²) in [5.74, 6) is 0.910. The number of nitrogens with two attached hydrogens (primary N) is 1. The van der Waals surface area contributed by atoms with Crippen LogP contribution in [0.1, 0.15) is 31.7 Å². The lowest BCUT2D eigenvalue weighted by Gasteiger charge is -2.28. The maximum atomic E-state index is 6.29. The summed E-state index contributed by atoms with van der Waals surface area (Å²) in [6.45, 7) is 0. The Balaban J connectivity index is 1.74. The molecule has 1 saturated carbocycles. The summed E-state index contributed by atoms with van der Waals surface area (Å²) in [5.41, 5.74) is 7.72. The summed E-state index contributed by atoms with van der Waals surface area (Å²) in [6.07, 6.45) is 8.23. The number of rotatable bonds is 2. The first-order chi connectivity index (χ1) is 11.2. The summed E-state index contributed by atoms with van der Waals surface area (Å²) in [7, 11) is 0. The molecule has 23 heavy (non-hydrogen) atoms. The normalized spacial score (nSPS) is 21.7. The van der Waals surface area contributed by atoms with E-state index in [4.69, 9.17) is 22.3 Å². The van der Waals surface area contributed by atoms with E-state index >= 15 is 0 Å². The van der Waals surface area contributed by atoms with Crippen molar-refractivity contribution in [1.82, 2.24) is 14.5 Å². The third kappa shape index (κ3) is 2.73. The second-order valence-electron chi connectivity index (χ2n) is 6.23. The first kappa shape index (κ1) is 14.7. The number of imidazole rings is 1. The van der Waals surface area contributed by atoms with Gasteiger partial charge in [0, 0.05) is 29.9 Å². The zero-order valence-corrected chi connectivity index (χ0v) is 13.6. The molecule has 0 unspecified atom stereocenters. The molecule has 1 aliphatic carbocycles. The van der Waals surface area contributed by atoms with Crippen molar-refractivity contribution < 1.29 is 0 Å². The molecule has 0 atom stereocenters. The summed E-state index contributed by atoms with van der Waals surface area (Å²) in [6, 6.07) is 10.7. The monoisotopic (exact) mass is 326 g/mol. The molecule has 1 fully saturated rings. The van der Waals surface area contributed by atoms with Crippen LogP contribution in [0.2, 0.25) is 5.02 Å². The Bertz CT molecular complexity index is 834. The number of para-hydroxylation sites is 1. The smallest absolute Gasteiger partial charge is 0.158 e. The molecule has 4 rings (SSSR count). The predicted molar refractivity (Wildman–Crippen MR) is 93.5 cm³/mol. The fourth-order valence-electron chi connectivity index (χ4n) is 3.42. The van der Waals surface area contributed by atoms with Gasteiger partial charge in [-0.15, -0.1) is 0 Å². The molecule has 2 aromatic heterocycles. The SMILES string of the molecule is NC1CCC(n2ccnc2-c2ccc3cccc(Cl)c3n2)CC1. The Kier molecular flexibility index (Phi) is 3.79. The zero-order valence-electron chi connectivity index (χ0n) is 12.8. The van der Waals surface area contributed by atoms with Crippen molar-refractivity contribution in [2.45, 2.75) is 37.8 Å². The fraction of sp³-hybridized carbons (Fsp3) is 0.333. The molecule has 4 nitrogen and oxygen atoms in total. The summed E-state index contributed by atoms with van der Waals surface area (Å²) in [5, 5.41) is 1.72. The topological polar surface area (TPSA) is 56.7 Å². The lowest BCUT2D eigenvalue weighted by Crippen LogP contribution is -2.27. The van der Waals surface area contributed by atoms with Crippen LogP contribution >= 0.6 is 11.6 Å². The maximum absolute atomic E-state index is 6.29. The van der Waals surface area contributed by atoms with Gasteiger partial charge in [-0.25, -0.2) is 9.97 Å². The minimum atomic E-state index is 0.343. The van der Waals surface area contributed by atoms with Gasteiger partial charge in [0.1, 0.15) is 5.69 Å². The molecule has 0 saturated heterocycles. The van der Waals surface area contributed by atoms with Gasteiger partial charge in [-0.05, 0) is 37.8 Å². The van der Waals surface area contributed by atoms with Crippen molar-refractivity contribution in [3.8, 4) is 11.5 Å². The number of fused-ring (bicyclic) bond motifs is 1. The Labute approximate surface area is 140 Å². The molecule has 3 aromatic rings. The van der Waals surface area contributed by atoms with Crippen molar-refractivity contribution in [1.29, 1.82) is 0 Å². The van der Waals surface area contributed by atoms with E-state index in [9.17, 15) is 0 Å². The van der Waals surface area contributed by atoms with Crippen LogP contribution in [0.5, 0.6) is 0 Å². The molecule has 2 N–H and O–H groups in total. The third-order valence-electron chi connectivity index (χ3n) is 4.70. The lowest BCUT2D eigenvalue weighted by atomic mass is 9.91. The van der Waals surface area contributed by atoms with Gasteiger partial charge >= 0.3 is 0 Å². The van der Waals surface area contributed by atoms with Crippen LogP contribution in [0.3, 0.4) is 0 Å². The van der Waals surface area contributed by atoms with Gasteiger partial charge in [0.25, 0.3) is 0 Å². The second-order valence-corrected chi connectivity index (χ2v) is 6.64. The van der Waals surface area contributed by atoms with E-state index in [1.807, 2.05) is 30.5 Å². The number of nitrogens with zero attached hydrogens (tertiary/aromatic N) is 3. The number of hydrogen-bond donors (Lipinski definition) is 1. The molecule has 0 aliphatic heterocycles. The van der Waals surface area contributed by atoms with E-state index in [1.54, 1.807) is 0 Å². The average Bonchev–Trinajstić information content (AvgIpc) is 3.05. The molecule has 2 heterocycles. The highest BCUT2D eigenvalue weighted by Crippen LogP contribution is 2.32. The van der Waals surface area contributed by atoms with Crippen LogP contribution in [0, 0.1) is 0 Å². The molecule has 0 bridgehead atoms. The number of benzene rings is 1. The molecule has 0 amide bonds. The molecule has 0 spiro atoms. The van der Waals surface area contributed by atoms with Crippen LogP contribution in [0.4, 0.5) is 0 Å². The van der Waals surface area contributed by atoms with Gasteiger partial charge in [-0.1, -0.05) is 29.8 Å². The summed E-state index contributed by atoms with van der Waals surface area (Å²) in [4.78, 5) is 9.29. The van der Waals surface area contributed by atoms with Crippen LogP contribution in [0.15, 0.2) is 42.7 Å². The van der Waals surface area contributed by atoms with Crippen molar-refractivity contribution in [3.05, 3.63) is 47.7 Å². The second kappa shape index (κ2) is 5.95. The molecule has 1 aromatic carbocycles. The largest absolute Gasteiger partial charge is 0.328 e. The Morgan fingerprint density at radius 2 is 1.91 bits per heavy atom. The quantitative estimate of drug-likeness (QED) is 0.768. The Morgan fingerprint density at radius 1 is 1.09 bits per heavy atom. The third-order valence-corrected chi connectivity index (χ3v) is 5.01. The van der Waals surface area contributed by atoms with E-state index in [1.165, 1.54) is 0 Å². The fourth-order valence-corrected chi connectivity index (χ4v) is 3.65. The molecular formula is C18H19ClN4. The Morgan fingerprint density at radius 3 is 2.74 bits per heavy atom. The van der Waals surface area contributed by atoms with Crippen molar-refractivity contribution in [2.24, 2.45) is 5.73 Å². The van der Waals surface area contributed by atoms with Crippen LogP contribution in [0.25, 0.3) is 22.4 Å².